The second kappa shape index (κ2) is 10.3. The summed E-state index contributed by atoms with van der Waals surface area (Å²) in [5.41, 5.74) is 0.0900. The fourth-order valence-corrected chi connectivity index (χ4v) is 4.17. The molecule has 0 saturated carbocycles. The number of aromatic hydroxyl groups is 2. The second-order valence-corrected chi connectivity index (χ2v) is 7.84. The molecule has 0 bridgehead atoms. The van der Waals surface area contributed by atoms with E-state index in [1.807, 2.05) is 0 Å². The maximum atomic E-state index is 15.2. The van der Waals surface area contributed by atoms with Crippen molar-refractivity contribution in [2.75, 3.05) is 19.8 Å². The lowest BCUT2D eigenvalue weighted by Gasteiger charge is -2.15. The van der Waals surface area contributed by atoms with E-state index in [-0.39, 0.29) is 47.6 Å². The monoisotopic (exact) mass is 503 g/mol. The molecule has 10 heteroatoms. The normalized spacial score (nSPS) is 11.4. The van der Waals surface area contributed by atoms with E-state index in [1.54, 1.807) is 38.1 Å². The minimum atomic E-state index is -2.80. The maximum Gasteiger partial charge on any atom is 0.310 e. The van der Waals surface area contributed by atoms with Crippen molar-refractivity contribution in [2.45, 2.75) is 26.7 Å². The van der Waals surface area contributed by atoms with Crippen LogP contribution in [0.1, 0.15) is 19.4 Å². The number of esters is 1. The minimum Gasteiger partial charge on any atom is -0.494 e. The van der Waals surface area contributed by atoms with Gasteiger partial charge >= 0.3 is 5.97 Å². The Hall–Kier alpha value is -4.08. The number of hydrogen-bond donors (Lipinski definition) is 2. The highest BCUT2D eigenvalue weighted by atomic mass is 19.3. The van der Waals surface area contributed by atoms with Crippen LogP contribution in [0, 0.1) is 5.82 Å². The van der Waals surface area contributed by atoms with E-state index < -0.39 is 36.6 Å². The number of benzene rings is 3. The Morgan fingerprint density at radius 2 is 1.56 bits per heavy atom. The molecule has 0 radical (unpaired) electrons. The fourth-order valence-electron chi connectivity index (χ4n) is 4.17. The van der Waals surface area contributed by atoms with Crippen molar-refractivity contribution in [3.63, 3.8) is 0 Å². The first kappa shape index (κ1) is 25.0. The second-order valence-electron chi connectivity index (χ2n) is 7.84. The first-order chi connectivity index (χ1) is 17.3. The number of fused-ring (bicyclic) bond motifs is 2. The van der Waals surface area contributed by atoms with Crippen molar-refractivity contribution in [1.29, 1.82) is 0 Å². The predicted octanol–water partition coefficient (Wildman–Crippen LogP) is 5.48. The third-order valence-corrected chi connectivity index (χ3v) is 5.54. The van der Waals surface area contributed by atoms with Crippen LogP contribution >= 0.6 is 0 Å². The van der Waals surface area contributed by atoms with Gasteiger partial charge in [0.2, 0.25) is 11.8 Å². The van der Waals surface area contributed by atoms with E-state index in [9.17, 15) is 23.8 Å². The van der Waals surface area contributed by atoms with Crippen LogP contribution in [0.5, 0.6) is 23.3 Å². The van der Waals surface area contributed by atoms with Gasteiger partial charge in [-0.05, 0) is 31.5 Å². The van der Waals surface area contributed by atoms with Crippen molar-refractivity contribution in [3.05, 3.63) is 53.8 Å². The number of carbonyl (C=O) groups is 1. The number of nitrogens with zero attached hydrogens (tertiary/aromatic N) is 1. The highest BCUT2D eigenvalue weighted by Gasteiger charge is 2.29. The van der Waals surface area contributed by atoms with Crippen LogP contribution in [0.2, 0.25) is 0 Å². The highest BCUT2D eigenvalue weighted by molar-refractivity contribution is 6.15. The van der Waals surface area contributed by atoms with Gasteiger partial charge in [0, 0.05) is 10.8 Å². The summed E-state index contributed by atoms with van der Waals surface area (Å²) in [6.07, 6.45) is -2.96. The summed E-state index contributed by atoms with van der Waals surface area (Å²) in [7, 11) is 0. The van der Waals surface area contributed by atoms with Crippen molar-refractivity contribution < 1.29 is 42.4 Å². The van der Waals surface area contributed by atoms with Gasteiger partial charge in [0.05, 0.1) is 36.1 Å². The number of rotatable bonds is 9. The Morgan fingerprint density at radius 1 is 0.944 bits per heavy atom. The van der Waals surface area contributed by atoms with Crippen LogP contribution in [-0.2, 0) is 16.0 Å². The average Bonchev–Trinajstić information content (AvgIpc) is 3.09. The van der Waals surface area contributed by atoms with Gasteiger partial charge in [0.25, 0.3) is 6.43 Å². The summed E-state index contributed by atoms with van der Waals surface area (Å²) < 4.78 is 58.2. The molecule has 2 N–H and O–H groups in total. The van der Waals surface area contributed by atoms with E-state index in [4.69, 9.17) is 14.2 Å². The Kier molecular flexibility index (Phi) is 7.14. The molecule has 4 rings (SSSR count). The molecule has 0 saturated heterocycles. The number of ether oxygens (including phenoxy) is 3. The van der Waals surface area contributed by atoms with E-state index >= 15 is 4.39 Å². The molecule has 1 heterocycles. The van der Waals surface area contributed by atoms with Crippen LogP contribution < -0.4 is 9.47 Å². The lowest BCUT2D eigenvalue weighted by Crippen LogP contribution is -2.08. The predicted molar refractivity (Wildman–Crippen MR) is 127 cm³/mol. The number of hydrogen-bond acceptors (Lipinski definition) is 6. The lowest BCUT2D eigenvalue weighted by atomic mass is 10.0. The van der Waals surface area contributed by atoms with E-state index in [0.29, 0.717) is 16.3 Å². The summed E-state index contributed by atoms with van der Waals surface area (Å²) in [5, 5.41) is 23.0. The first-order valence-corrected chi connectivity index (χ1v) is 11.3. The fraction of sp³-hybridized carbons (Fsp3) is 0.269. The molecular formula is C26H24F3NO6. The first-order valence-electron chi connectivity index (χ1n) is 11.3. The Balaban J connectivity index is 1.98. The summed E-state index contributed by atoms with van der Waals surface area (Å²) in [5.74, 6) is -2.50. The molecule has 0 spiro atoms. The molecule has 190 valence electrons. The summed E-state index contributed by atoms with van der Waals surface area (Å²) >= 11 is 0. The smallest absolute Gasteiger partial charge is 0.310 e. The quantitative estimate of drug-likeness (QED) is 0.294. The van der Waals surface area contributed by atoms with Gasteiger partial charge in [-0.15, -0.1) is 0 Å². The number of halogens is 3. The van der Waals surface area contributed by atoms with Crippen molar-refractivity contribution in [3.8, 4) is 28.9 Å². The molecule has 0 unspecified atom stereocenters. The summed E-state index contributed by atoms with van der Waals surface area (Å²) in [6, 6.07) is 10.4. The van der Waals surface area contributed by atoms with Gasteiger partial charge in [-0.3, -0.25) is 4.79 Å². The molecule has 1 aromatic heterocycles. The Labute approximate surface area is 204 Å². The van der Waals surface area contributed by atoms with E-state index in [1.165, 1.54) is 12.1 Å². The summed E-state index contributed by atoms with van der Waals surface area (Å²) in [4.78, 5) is 11.8. The SMILES string of the molecule is CCOC(=O)Cc1ccc(-n2c(O)c3c(OCC)c4ccccc4c(OCC(F)F)c3c2O)c(F)c1. The molecule has 0 aliphatic heterocycles. The third kappa shape index (κ3) is 4.46. The third-order valence-electron chi connectivity index (χ3n) is 5.54. The zero-order valence-corrected chi connectivity index (χ0v) is 19.6. The lowest BCUT2D eigenvalue weighted by molar-refractivity contribution is -0.142. The molecule has 0 aliphatic carbocycles. The average molecular weight is 503 g/mol. The van der Waals surface area contributed by atoms with Gasteiger partial charge in [-0.1, -0.05) is 30.3 Å². The molecule has 0 aliphatic rings. The minimum absolute atomic E-state index is 0.0210. The maximum absolute atomic E-state index is 15.2. The zero-order valence-electron chi connectivity index (χ0n) is 19.6. The number of aromatic nitrogens is 1. The van der Waals surface area contributed by atoms with Crippen LogP contribution in [-0.4, -0.2) is 47.0 Å². The summed E-state index contributed by atoms with van der Waals surface area (Å²) in [6.45, 7) is 2.79. The van der Waals surface area contributed by atoms with Crippen LogP contribution in [0.15, 0.2) is 42.5 Å². The van der Waals surface area contributed by atoms with Gasteiger partial charge < -0.3 is 24.4 Å². The van der Waals surface area contributed by atoms with Gasteiger partial charge in [0.1, 0.15) is 23.9 Å². The standard InChI is InChI=1S/C26H24F3NO6/c1-3-34-20(31)12-14-9-10-18(17(27)11-14)30-25(32)21-22(26(30)33)24(36-13-19(28)29)16-8-6-5-7-15(16)23(21)35-4-2/h5-11,19,32-33H,3-4,12-13H2,1-2H3. The van der Waals surface area contributed by atoms with Crippen LogP contribution in [0.4, 0.5) is 13.2 Å². The van der Waals surface area contributed by atoms with Crippen LogP contribution in [0.25, 0.3) is 27.2 Å². The molecule has 0 fully saturated rings. The molecule has 3 aromatic carbocycles. The molecule has 0 atom stereocenters. The Morgan fingerprint density at radius 3 is 2.08 bits per heavy atom. The molecule has 4 aromatic rings. The highest BCUT2D eigenvalue weighted by Crippen LogP contribution is 2.52. The largest absolute Gasteiger partial charge is 0.494 e. The van der Waals surface area contributed by atoms with Crippen molar-refractivity contribution in [1.82, 2.24) is 4.57 Å². The van der Waals surface area contributed by atoms with E-state index in [0.717, 1.165) is 10.6 Å². The molecular weight excluding hydrogens is 479 g/mol. The van der Waals surface area contributed by atoms with Gasteiger partial charge in [0.15, 0.2) is 0 Å². The van der Waals surface area contributed by atoms with Crippen molar-refractivity contribution in [2.24, 2.45) is 0 Å². The molecule has 36 heavy (non-hydrogen) atoms. The van der Waals surface area contributed by atoms with Crippen LogP contribution in [0.3, 0.4) is 0 Å². The number of alkyl halides is 2. The molecule has 0 amide bonds. The van der Waals surface area contributed by atoms with E-state index in [2.05, 4.69) is 0 Å². The number of carbonyl (C=O) groups excluding carboxylic acids is 1. The van der Waals surface area contributed by atoms with Crippen molar-refractivity contribution >= 4 is 27.5 Å². The Bertz CT molecular complexity index is 1430. The zero-order chi connectivity index (χ0) is 26.0. The van der Waals surface area contributed by atoms with Gasteiger partial charge in [-0.2, -0.15) is 0 Å². The van der Waals surface area contributed by atoms with Gasteiger partial charge in [-0.25, -0.2) is 17.7 Å². The topological polar surface area (TPSA) is 90.2 Å². The molecule has 7 nitrogen and oxygen atoms in total.